The standard InChI is InChI=1S/C17H18N2O3/c1-12-16(13(2)22-19-12)11-17(20)18-10-4-5-14-6-8-15(21-3)9-7-14/h6-9H,10-11H2,1-3H3,(H,18,20). The lowest BCUT2D eigenvalue weighted by molar-refractivity contribution is -0.120. The van der Waals surface area contributed by atoms with Crippen molar-refractivity contribution in [3.05, 3.63) is 46.8 Å². The maximum Gasteiger partial charge on any atom is 0.225 e. The first kappa shape index (κ1) is 15.6. The molecule has 0 saturated heterocycles. The van der Waals surface area contributed by atoms with Gasteiger partial charge >= 0.3 is 0 Å². The van der Waals surface area contributed by atoms with E-state index < -0.39 is 0 Å². The van der Waals surface area contributed by atoms with Gasteiger partial charge in [-0.2, -0.15) is 0 Å². The quantitative estimate of drug-likeness (QED) is 0.877. The molecule has 5 nitrogen and oxygen atoms in total. The van der Waals surface area contributed by atoms with Gasteiger partial charge in [0.2, 0.25) is 5.91 Å². The van der Waals surface area contributed by atoms with E-state index in [4.69, 9.17) is 9.26 Å². The smallest absolute Gasteiger partial charge is 0.225 e. The summed E-state index contributed by atoms with van der Waals surface area (Å²) < 4.78 is 10.1. The van der Waals surface area contributed by atoms with Crippen LogP contribution in [0.5, 0.6) is 5.75 Å². The minimum absolute atomic E-state index is 0.0987. The zero-order chi connectivity index (χ0) is 15.9. The second-order valence-corrected chi connectivity index (χ2v) is 4.79. The number of aromatic nitrogens is 1. The Kier molecular flexibility index (Phi) is 5.21. The van der Waals surface area contributed by atoms with Crippen molar-refractivity contribution in [2.45, 2.75) is 20.3 Å². The molecule has 0 atom stereocenters. The molecule has 1 N–H and O–H groups in total. The Labute approximate surface area is 129 Å². The first-order valence-electron chi connectivity index (χ1n) is 6.91. The van der Waals surface area contributed by atoms with E-state index in [9.17, 15) is 4.79 Å². The normalized spacial score (nSPS) is 9.77. The largest absolute Gasteiger partial charge is 0.497 e. The van der Waals surface area contributed by atoms with Crippen molar-refractivity contribution in [3.8, 4) is 17.6 Å². The summed E-state index contributed by atoms with van der Waals surface area (Å²) >= 11 is 0. The number of nitrogens with one attached hydrogen (secondary N) is 1. The molecule has 0 radical (unpaired) electrons. The van der Waals surface area contributed by atoms with Gasteiger partial charge in [-0.3, -0.25) is 4.79 Å². The lowest BCUT2D eigenvalue weighted by atomic mass is 10.1. The van der Waals surface area contributed by atoms with Crippen LogP contribution in [0.4, 0.5) is 0 Å². The molecule has 1 amide bonds. The number of benzene rings is 1. The minimum atomic E-state index is -0.0987. The number of ether oxygens (including phenoxy) is 1. The van der Waals surface area contributed by atoms with Gasteiger partial charge in [0.05, 0.1) is 25.8 Å². The van der Waals surface area contributed by atoms with Gasteiger partial charge in [-0.25, -0.2) is 0 Å². The van der Waals surface area contributed by atoms with Gasteiger partial charge in [0.25, 0.3) is 0 Å². The van der Waals surface area contributed by atoms with Crippen LogP contribution >= 0.6 is 0 Å². The van der Waals surface area contributed by atoms with Gasteiger partial charge in [0, 0.05) is 11.1 Å². The Morgan fingerprint density at radius 1 is 1.32 bits per heavy atom. The molecule has 114 valence electrons. The first-order valence-corrected chi connectivity index (χ1v) is 6.91. The molecular weight excluding hydrogens is 280 g/mol. The summed E-state index contributed by atoms with van der Waals surface area (Å²) in [5.74, 6) is 7.27. The molecule has 0 aliphatic rings. The lowest BCUT2D eigenvalue weighted by Crippen LogP contribution is -2.25. The third-order valence-electron chi connectivity index (χ3n) is 3.22. The Bertz CT molecular complexity index is 686. The summed E-state index contributed by atoms with van der Waals surface area (Å²) in [6.07, 6.45) is 0.255. The van der Waals surface area contributed by atoms with Crippen LogP contribution in [0.15, 0.2) is 28.8 Å². The monoisotopic (exact) mass is 298 g/mol. The van der Waals surface area contributed by atoms with Crippen molar-refractivity contribution >= 4 is 5.91 Å². The molecule has 22 heavy (non-hydrogen) atoms. The highest BCUT2D eigenvalue weighted by Gasteiger charge is 2.12. The number of rotatable bonds is 4. The number of carbonyl (C=O) groups is 1. The summed E-state index contributed by atoms with van der Waals surface area (Å²) in [5.41, 5.74) is 2.46. The average Bonchev–Trinajstić information content (AvgIpc) is 2.84. The molecule has 0 bridgehead atoms. The van der Waals surface area contributed by atoms with Crippen molar-refractivity contribution in [1.29, 1.82) is 0 Å². The Morgan fingerprint density at radius 2 is 2.05 bits per heavy atom. The van der Waals surface area contributed by atoms with Gasteiger partial charge in [-0.05, 0) is 38.1 Å². The lowest BCUT2D eigenvalue weighted by Gasteiger charge is -2.00. The van der Waals surface area contributed by atoms with E-state index in [1.54, 1.807) is 14.0 Å². The number of hydrogen-bond donors (Lipinski definition) is 1. The average molecular weight is 298 g/mol. The molecule has 5 heteroatoms. The highest BCUT2D eigenvalue weighted by Crippen LogP contribution is 2.12. The molecule has 0 spiro atoms. The van der Waals surface area contributed by atoms with Gasteiger partial charge < -0.3 is 14.6 Å². The van der Waals surface area contributed by atoms with E-state index in [1.807, 2.05) is 31.2 Å². The van der Waals surface area contributed by atoms with Gasteiger partial charge in [0.15, 0.2) is 0 Å². The summed E-state index contributed by atoms with van der Waals surface area (Å²) in [6.45, 7) is 3.92. The number of carbonyl (C=O) groups excluding carboxylic acids is 1. The van der Waals surface area contributed by atoms with Crippen LogP contribution in [0, 0.1) is 25.7 Å². The van der Waals surface area contributed by atoms with Crippen LogP contribution < -0.4 is 10.1 Å². The van der Waals surface area contributed by atoms with E-state index in [0.29, 0.717) is 12.3 Å². The van der Waals surface area contributed by atoms with Crippen LogP contribution in [0.1, 0.15) is 22.6 Å². The predicted molar refractivity (Wildman–Crippen MR) is 82.6 cm³/mol. The van der Waals surface area contributed by atoms with Crippen molar-refractivity contribution in [1.82, 2.24) is 10.5 Å². The Hall–Kier alpha value is -2.74. The van der Waals surface area contributed by atoms with Crippen molar-refractivity contribution < 1.29 is 14.1 Å². The molecule has 0 unspecified atom stereocenters. The number of hydrogen-bond acceptors (Lipinski definition) is 4. The Morgan fingerprint density at radius 3 is 2.64 bits per heavy atom. The number of aryl methyl sites for hydroxylation is 2. The van der Waals surface area contributed by atoms with Gasteiger partial charge in [-0.15, -0.1) is 0 Å². The number of nitrogens with zero attached hydrogens (tertiary/aromatic N) is 1. The first-order chi connectivity index (χ1) is 10.6. The number of methoxy groups -OCH3 is 1. The fourth-order valence-corrected chi connectivity index (χ4v) is 1.94. The van der Waals surface area contributed by atoms with Gasteiger partial charge in [-0.1, -0.05) is 17.0 Å². The highest BCUT2D eigenvalue weighted by molar-refractivity contribution is 5.79. The third kappa shape index (κ3) is 4.13. The molecule has 0 aliphatic heterocycles. The second kappa shape index (κ2) is 7.32. The fraction of sp³-hybridized carbons (Fsp3) is 0.294. The van der Waals surface area contributed by atoms with Crippen molar-refractivity contribution in [3.63, 3.8) is 0 Å². The summed E-state index contributed by atoms with van der Waals surface area (Å²) in [7, 11) is 1.62. The molecule has 0 aliphatic carbocycles. The Balaban J connectivity index is 1.83. The van der Waals surface area contributed by atoms with Crippen LogP contribution in [-0.2, 0) is 11.2 Å². The zero-order valence-electron chi connectivity index (χ0n) is 12.9. The molecule has 0 saturated carbocycles. The van der Waals surface area contributed by atoms with E-state index >= 15 is 0 Å². The molecule has 1 heterocycles. The second-order valence-electron chi connectivity index (χ2n) is 4.79. The SMILES string of the molecule is COc1ccc(C#CCNC(=O)Cc2c(C)noc2C)cc1. The third-order valence-corrected chi connectivity index (χ3v) is 3.22. The van der Waals surface area contributed by atoms with E-state index in [-0.39, 0.29) is 12.3 Å². The predicted octanol–water partition coefficient (Wildman–Crippen LogP) is 2.01. The van der Waals surface area contributed by atoms with Crippen LogP contribution in [0.2, 0.25) is 0 Å². The minimum Gasteiger partial charge on any atom is -0.497 e. The van der Waals surface area contributed by atoms with Crippen molar-refractivity contribution in [2.24, 2.45) is 0 Å². The van der Waals surface area contributed by atoms with E-state index in [0.717, 1.165) is 22.6 Å². The van der Waals surface area contributed by atoms with Crippen LogP contribution in [0.25, 0.3) is 0 Å². The van der Waals surface area contributed by atoms with Crippen LogP contribution in [0.3, 0.4) is 0 Å². The fourth-order valence-electron chi connectivity index (χ4n) is 1.94. The highest BCUT2D eigenvalue weighted by atomic mass is 16.5. The number of amides is 1. The maximum atomic E-state index is 11.8. The molecule has 2 rings (SSSR count). The summed E-state index contributed by atoms with van der Waals surface area (Å²) in [6, 6.07) is 7.44. The topological polar surface area (TPSA) is 64.4 Å². The molecule has 2 aromatic rings. The molecule has 1 aromatic heterocycles. The van der Waals surface area contributed by atoms with Crippen molar-refractivity contribution in [2.75, 3.05) is 13.7 Å². The zero-order valence-corrected chi connectivity index (χ0v) is 12.9. The summed E-state index contributed by atoms with van der Waals surface area (Å²) in [5, 5.41) is 6.59. The molecule has 1 aromatic carbocycles. The van der Waals surface area contributed by atoms with Crippen LogP contribution in [-0.4, -0.2) is 24.7 Å². The van der Waals surface area contributed by atoms with Gasteiger partial charge in [0.1, 0.15) is 11.5 Å². The maximum absolute atomic E-state index is 11.8. The molecular formula is C17H18N2O3. The van der Waals surface area contributed by atoms with E-state index in [2.05, 4.69) is 22.3 Å². The van der Waals surface area contributed by atoms with E-state index in [1.165, 1.54) is 0 Å². The summed E-state index contributed by atoms with van der Waals surface area (Å²) in [4.78, 5) is 11.8. The molecule has 0 fully saturated rings.